The predicted octanol–water partition coefficient (Wildman–Crippen LogP) is 1.26. The molecule has 2 amide bonds. The van der Waals surface area contributed by atoms with Gasteiger partial charge in [-0.05, 0) is 37.0 Å². The van der Waals surface area contributed by atoms with E-state index >= 15 is 0 Å². The number of nitrogens with zero attached hydrogens (tertiary/aromatic N) is 2. The van der Waals surface area contributed by atoms with Gasteiger partial charge in [-0.2, -0.15) is 8.61 Å². The summed E-state index contributed by atoms with van der Waals surface area (Å²) in [5, 5.41) is 0. The van der Waals surface area contributed by atoms with Gasteiger partial charge in [0.1, 0.15) is 10.3 Å². The van der Waals surface area contributed by atoms with E-state index in [0.717, 1.165) is 43.2 Å². The van der Waals surface area contributed by atoms with Crippen molar-refractivity contribution < 1.29 is 36.0 Å². The van der Waals surface area contributed by atoms with Gasteiger partial charge < -0.3 is 10.5 Å². The number of hydrogen-bond donors (Lipinski definition) is 2. The predicted molar refractivity (Wildman–Crippen MR) is 144 cm³/mol. The molecule has 0 radical (unpaired) electrons. The van der Waals surface area contributed by atoms with Crippen LogP contribution < -0.4 is 11.2 Å². The zero-order valence-electron chi connectivity index (χ0n) is 21.2. The van der Waals surface area contributed by atoms with E-state index < -0.39 is 50.7 Å². The number of amides is 2. The highest BCUT2D eigenvalue weighted by molar-refractivity contribution is 7.91. The highest BCUT2D eigenvalue weighted by Gasteiger charge is 2.43. The molecule has 2 saturated heterocycles. The lowest BCUT2D eigenvalue weighted by Gasteiger charge is -2.38. The molecule has 1 aromatic carbocycles. The van der Waals surface area contributed by atoms with Gasteiger partial charge in [-0.1, -0.05) is 30.3 Å². The number of carbonyl (C=O) groups excluding carboxylic acids is 2. The molecule has 12 nitrogen and oxygen atoms in total. The molecule has 4 rings (SSSR count). The smallest absolute Gasteiger partial charge is 0.263 e. The largest absolute Gasteiger partial charge is 0.370 e. The quantitative estimate of drug-likeness (QED) is 0.364. The third-order valence-electron chi connectivity index (χ3n) is 6.45. The summed E-state index contributed by atoms with van der Waals surface area (Å²) < 4.78 is 60.9. The summed E-state index contributed by atoms with van der Waals surface area (Å²) in [5.41, 5.74) is 8.26. The molecule has 3 heterocycles. The maximum Gasteiger partial charge on any atom is 0.263 e. The van der Waals surface area contributed by atoms with Gasteiger partial charge in [0.25, 0.3) is 15.9 Å². The molecule has 2 aromatic rings. The van der Waals surface area contributed by atoms with E-state index in [-0.39, 0.29) is 35.9 Å². The average Bonchev–Trinajstić information content (AvgIpc) is 3.44. The number of carbonyl (C=O) groups is 2. The van der Waals surface area contributed by atoms with E-state index in [1.165, 1.54) is 6.07 Å². The molecule has 3 N–H and O–H groups in total. The Morgan fingerprint density at radius 1 is 1.08 bits per heavy atom. The van der Waals surface area contributed by atoms with Crippen LogP contribution in [0.1, 0.15) is 32.1 Å². The number of nitrogens with one attached hydrogen (secondary N) is 1. The number of thiophene rings is 1. The number of benzene rings is 1. The molecule has 1 unspecified atom stereocenters. The van der Waals surface area contributed by atoms with Crippen LogP contribution >= 0.6 is 11.3 Å². The van der Waals surface area contributed by atoms with Gasteiger partial charge in [0.05, 0.1) is 5.75 Å². The molecule has 39 heavy (non-hydrogen) atoms. The van der Waals surface area contributed by atoms with Crippen molar-refractivity contribution >= 4 is 43.2 Å². The van der Waals surface area contributed by atoms with E-state index in [0.29, 0.717) is 13.0 Å². The van der Waals surface area contributed by atoms with E-state index in [4.69, 9.17) is 15.3 Å². The topological polar surface area (TPSA) is 165 Å². The van der Waals surface area contributed by atoms with Crippen LogP contribution in [0, 0.1) is 0 Å². The summed E-state index contributed by atoms with van der Waals surface area (Å²) in [6.45, 7) is -0.320. The SMILES string of the molecule is NC(=O)CCCS(=O)(=O)N1CCN(S(=O)(=O)c2ccc(-c3ccccc3)s2)[C@@H](C(=O)NOC2CCCCO2)C1. The number of hydrogen-bond acceptors (Lipinski definition) is 9. The van der Waals surface area contributed by atoms with Crippen LogP contribution in [0.3, 0.4) is 0 Å². The minimum Gasteiger partial charge on any atom is -0.370 e. The van der Waals surface area contributed by atoms with Crippen LogP contribution in [0.2, 0.25) is 0 Å². The first-order valence-electron chi connectivity index (χ1n) is 12.6. The van der Waals surface area contributed by atoms with Crippen LogP contribution in [0.4, 0.5) is 0 Å². The van der Waals surface area contributed by atoms with Gasteiger partial charge in [0.15, 0.2) is 6.29 Å². The first-order chi connectivity index (χ1) is 18.6. The Morgan fingerprint density at radius 2 is 1.85 bits per heavy atom. The second-order valence-corrected chi connectivity index (χ2v) is 14.5. The summed E-state index contributed by atoms with van der Waals surface area (Å²) in [4.78, 5) is 30.4. The first-order valence-corrected chi connectivity index (χ1v) is 16.4. The Kier molecular flexibility index (Phi) is 9.74. The lowest BCUT2D eigenvalue weighted by molar-refractivity contribution is -0.202. The van der Waals surface area contributed by atoms with Crippen LogP contribution in [-0.2, 0) is 39.2 Å². The van der Waals surface area contributed by atoms with Gasteiger partial charge in [0, 0.05) is 44.0 Å². The maximum atomic E-state index is 13.7. The number of sulfonamides is 2. The fourth-order valence-corrected chi connectivity index (χ4v) is 8.89. The zero-order valence-corrected chi connectivity index (χ0v) is 23.7. The molecule has 0 saturated carbocycles. The Balaban J connectivity index is 1.55. The van der Waals surface area contributed by atoms with Crippen molar-refractivity contribution in [2.45, 2.75) is 48.6 Å². The van der Waals surface area contributed by atoms with E-state index in [9.17, 15) is 26.4 Å². The summed E-state index contributed by atoms with van der Waals surface area (Å²) >= 11 is 1.07. The lowest BCUT2D eigenvalue weighted by Crippen LogP contribution is -2.61. The fraction of sp³-hybridized carbons (Fsp3) is 0.500. The molecule has 0 aliphatic carbocycles. The van der Waals surface area contributed by atoms with Crippen molar-refractivity contribution in [3.63, 3.8) is 0 Å². The molecule has 1 aromatic heterocycles. The van der Waals surface area contributed by atoms with Crippen LogP contribution in [0.5, 0.6) is 0 Å². The summed E-state index contributed by atoms with van der Waals surface area (Å²) in [7, 11) is -8.05. The van der Waals surface area contributed by atoms with Crippen LogP contribution in [0.25, 0.3) is 10.4 Å². The summed E-state index contributed by atoms with van der Waals surface area (Å²) in [5.74, 6) is -1.77. The monoisotopic (exact) mass is 600 g/mol. The number of hydroxylamine groups is 1. The van der Waals surface area contributed by atoms with Gasteiger partial charge in [-0.15, -0.1) is 11.3 Å². The Bertz CT molecular complexity index is 1360. The van der Waals surface area contributed by atoms with Crippen LogP contribution in [-0.4, -0.2) is 81.6 Å². The molecular weight excluding hydrogens is 568 g/mol. The van der Waals surface area contributed by atoms with Crippen LogP contribution in [0.15, 0.2) is 46.7 Å². The molecule has 15 heteroatoms. The number of rotatable bonds is 11. The molecule has 2 aliphatic heterocycles. The minimum absolute atomic E-state index is 0.0205. The Labute approximate surface area is 232 Å². The highest BCUT2D eigenvalue weighted by atomic mass is 32.2. The zero-order chi connectivity index (χ0) is 28.0. The molecule has 214 valence electrons. The third kappa shape index (κ3) is 7.42. The normalized spacial score (nSPS) is 21.4. The molecule has 0 bridgehead atoms. The lowest BCUT2D eigenvalue weighted by atomic mass is 10.2. The number of ether oxygens (including phenoxy) is 1. The van der Waals surface area contributed by atoms with Crippen molar-refractivity contribution in [3.8, 4) is 10.4 Å². The minimum atomic E-state index is -4.16. The summed E-state index contributed by atoms with van der Waals surface area (Å²) in [6.07, 6.45) is 1.53. The van der Waals surface area contributed by atoms with Gasteiger partial charge in [-0.25, -0.2) is 27.2 Å². The van der Waals surface area contributed by atoms with Crippen molar-refractivity contribution in [1.29, 1.82) is 0 Å². The molecule has 2 atom stereocenters. The highest BCUT2D eigenvalue weighted by Crippen LogP contribution is 2.33. The van der Waals surface area contributed by atoms with E-state index in [1.807, 2.05) is 30.3 Å². The van der Waals surface area contributed by atoms with Gasteiger partial charge in [-0.3, -0.25) is 9.59 Å². The van der Waals surface area contributed by atoms with Crippen molar-refractivity contribution in [3.05, 3.63) is 42.5 Å². The second kappa shape index (κ2) is 12.8. The van der Waals surface area contributed by atoms with Crippen molar-refractivity contribution in [1.82, 2.24) is 14.1 Å². The van der Waals surface area contributed by atoms with E-state index in [1.54, 1.807) is 6.07 Å². The molecule has 0 spiro atoms. The van der Waals surface area contributed by atoms with Gasteiger partial charge >= 0.3 is 0 Å². The molecule has 2 aliphatic rings. The Morgan fingerprint density at radius 3 is 2.54 bits per heavy atom. The first kappa shape index (κ1) is 29.6. The summed E-state index contributed by atoms with van der Waals surface area (Å²) in [6, 6.07) is 11.1. The number of primary amides is 1. The third-order valence-corrected chi connectivity index (χ3v) is 11.9. The van der Waals surface area contributed by atoms with Crippen molar-refractivity contribution in [2.75, 3.05) is 32.0 Å². The number of nitrogens with two attached hydrogens (primary N) is 1. The molecular formula is C24H32N4O8S3. The van der Waals surface area contributed by atoms with Gasteiger partial charge in [0.2, 0.25) is 15.9 Å². The van der Waals surface area contributed by atoms with E-state index in [2.05, 4.69) is 5.48 Å². The standard InChI is InChI=1S/C24H32N4O8S3/c25-21(29)9-6-16-38(31,32)27-13-14-28(19(17-27)24(30)26-36-22-10-4-5-15-35-22)39(33,34)23-12-11-20(37-23)18-7-2-1-3-8-18/h1-3,7-8,11-12,19,22H,4-6,9-10,13-17H2,(H2,25,29)(H,26,30)/t19-,22?/m1/s1. The average molecular weight is 601 g/mol. The van der Waals surface area contributed by atoms with Crippen molar-refractivity contribution in [2.24, 2.45) is 5.73 Å². The number of piperazine rings is 1. The Hall–Kier alpha value is -2.40. The fourth-order valence-electron chi connectivity index (χ4n) is 4.38. The maximum absolute atomic E-state index is 13.7. The second-order valence-electron chi connectivity index (χ2n) is 9.24. The molecule has 2 fully saturated rings.